The van der Waals surface area contributed by atoms with Crippen molar-refractivity contribution in [2.75, 3.05) is 27.2 Å². The molecule has 0 N–H and O–H groups in total. The topological polar surface area (TPSA) is 28.7 Å². The summed E-state index contributed by atoms with van der Waals surface area (Å²) in [5, 5.41) is 2.07. The van der Waals surface area contributed by atoms with Gasteiger partial charge in [0.25, 0.3) is 0 Å². The van der Waals surface area contributed by atoms with Crippen molar-refractivity contribution >= 4 is 11.0 Å². The zero-order chi connectivity index (χ0) is 16.2. The van der Waals surface area contributed by atoms with E-state index in [2.05, 4.69) is 50.2 Å². The quantitative estimate of drug-likeness (QED) is 0.732. The highest BCUT2D eigenvalue weighted by molar-refractivity contribution is 5.79. The maximum atomic E-state index is 6.10. The van der Waals surface area contributed by atoms with Gasteiger partial charge in [0.2, 0.25) is 0 Å². The second-order valence-corrected chi connectivity index (χ2v) is 6.05. The number of likely N-dealkylation sites (N-methyl/N-ethyl adjacent to an activating group) is 1. The van der Waals surface area contributed by atoms with E-state index in [0.717, 1.165) is 40.7 Å². The van der Waals surface area contributed by atoms with Crippen LogP contribution in [0, 0.1) is 6.92 Å². The smallest absolute Gasteiger partial charge is 0.136 e. The highest BCUT2D eigenvalue weighted by atomic mass is 16.3. The Bertz CT molecular complexity index is 864. The van der Waals surface area contributed by atoms with E-state index in [4.69, 9.17) is 9.41 Å². The third-order valence-corrected chi connectivity index (χ3v) is 3.79. The average Bonchev–Trinajstić information content (AvgIpc) is 2.55. The highest BCUT2D eigenvalue weighted by Gasteiger charge is 2.06. The van der Waals surface area contributed by atoms with Crippen LogP contribution in [0.3, 0.4) is 0 Å². The third kappa shape index (κ3) is 3.69. The molecule has 0 aliphatic heterocycles. The molecule has 0 radical (unpaired) electrons. The second-order valence-electron chi connectivity index (χ2n) is 6.05. The van der Waals surface area contributed by atoms with Crippen molar-refractivity contribution in [1.82, 2.24) is 4.90 Å². The standard InChI is InChI=1S/C20H22N2O/c1-15-9-10-19-17(13-15)18(21-11-12-22(2)3)14-20(23-19)16-7-5-4-6-8-16/h4-10,13-14H,11-12H2,1-3H3/b21-18+. The highest BCUT2D eigenvalue weighted by Crippen LogP contribution is 2.22. The first-order valence-corrected chi connectivity index (χ1v) is 7.88. The van der Waals surface area contributed by atoms with Crippen molar-refractivity contribution in [1.29, 1.82) is 0 Å². The van der Waals surface area contributed by atoms with Gasteiger partial charge in [0.15, 0.2) is 0 Å². The molecule has 0 saturated heterocycles. The van der Waals surface area contributed by atoms with Crippen molar-refractivity contribution in [3.05, 3.63) is 65.5 Å². The van der Waals surface area contributed by atoms with E-state index in [0.29, 0.717) is 0 Å². The fourth-order valence-electron chi connectivity index (χ4n) is 2.53. The maximum Gasteiger partial charge on any atom is 0.136 e. The summed E-state index contributed by atoms with van der Waals surface area (Å²) in [4.78, 5) is 6.94. The summed E-state index contributed by atoms with van der Waals surface area (Å²) in [5.41, 5.74) is 3.16. The van der Waals surface area contributed by atoms with Crippen LogP contribution in [0.15, 0.2) is 64.0 Å². The van der Waals surface area contributed by atoms with E-state index in [1.54, 1.807) is 0 Å². The van der Waals surface area contributed by atoms with E-state index in [1.807, 2.05) is 30.3 Å². The van der Waals surface area contributed by atoms with E-state index in [-0.39, 0.29) is 0 Å². The van der Waals surface area contributed by atoms with Crippen LogP contribution in [0.2, 0.25) is 0 Å². The first-order valence-electron chi connectivity index (χ1n) is 7.88. The van der Waals surface area contributed by atoms with Crippen LogP contribution in [0.4, 0.5) is 0 Å². The summed E-state index contributed by atoms with van der Waals surface area (Å²) < 4.78 is 6.10. The average molecular weight is 306 g/mol. The largest absolute Gasteiger partial charge is 0.456 e. The van der Waals surface area contributed by atoms with Gasteiger partial charge in [-0.2, -0.15) is 0 Å². The van der Waals surface area contributed by atoms with E-state index in [9.17, 15) is 0 Å². The normalized spacial score (nSPS) is 12.3. The molecular weight excluding hydrogens is 284 g/mol. The monoisotopic (exact) mass is 306 g/mol. The molecule has 3 aromatic rings. The van der Waals surface area contributed by atoms with Crippen molar-refractivity contribution < 1.29 is 4.42 Å². The lowest BCUT2D eigenvalue weighted by molar-refractivity contribution is 0.419. The molecular formula is C20H22N2O. The van der Waals surface area contributed by atoms with Gasteiger partial charge >= 0.3 is 0 Å². The fourth-order valence-corrected chi connectivity index (χ4v) is 2.53. The van der Waals surface area contributed by atoms with Gasteiger partial charge in [-0.3, -0.25) is 4.99 Å². The number of rotatable bonds is 4. The summed E-state index contributed by atoms with van der Waals surface area (Å²) in [6.45, 7) is 3.79. The van der Waals surface area contributed by atoms with Gasteiger partial charge in [-0.05, 0) is 33.2 Å². The van der Waals surface area contributed by atoms with Gasteiger partial charge in [-0.1, -0.05) is 42.0 Å². The van der Waals surface area contributed by atoms with Crippen molar-refractivity contribution in [2.45, 2.75) is 6.92 Å². The Morgan fingerprint density at radius 3 is 2.52 bits per heavy atom. The summed E-state index contributed by atoms with van der Waals surface area (Å²) >= 11 is 0. The minimum Gasteiger partial charge on any atom is -0.456 e. The van der Waals surface area contributed by atoms with E-state index >= 15 is 0 Å². The summed E-state index contributed by atoms with van der Waals surface area (Å²) in [7, 11) is 4.13. The summed E-state index contributed by atoms with van der Waals surface area (Å²) in [5.74, 6) is 0.852. The molecule has 3 heteroatoms. The van der Waals surface area contributed by atoms with Gasteiger partial charge in [0, 0.05) is 23.6 Å². The third-order valence-electron chi connectivity index (χ3n) is 3.79. The lowest BCUT2D eigenvalue weighted by Crippen LogP contribution is -2.17. The van der Waals surface area contributed by atoms with Crippen LogP contribution in [-0.2, 0) is 0 Å². The lowest BCUT2D eigenvalue weighted by atomic mass is 10.1. The minimum atomic E-state index is 0.772. The molecule has 0 aliphatic rings. The van der Waals surface area contributed by atoms with Crippen molar-refractivity contribution in [2.24, 2.45) is 4.99 Å². The molecule has 1 aromatic heterocycles. The maximum absolute atomic E-state index is 6.10. The van der Waals surface area contributed by atoms with E-state index in [1.165, 1.54) is 5.56 Å². The van der Waals surface area contributed by atoms with Crippen LogP contribution in [0.5, 0.6) is 0 Å². The second kappa shape index (κ2) is 6.80. The first kappa shape index (κ1) is 15.5. The number of fused-ring (bicyclic) bond motifs is 1. The Kier molecular flexibility index (Phi) is 4.58. The molecule has 0 aliphatic carbocycles. The lowest BCUT2D eigenvalue weighted by Gasteiger charge is -2.08. The Morgan fingerprint density at radius 2 is 1.78 bits per heavy atom. The predicted octanol–water partition coefficient (Wildman–Crippen LogP) is 3.87. The molecule has 0 fully saturated rings. The Hall–Kier alpha value is -2.39. The molecule has 0 spiro atoms. The zero-order valence-electron chi connectivity index (χ0n) is 13.9. The van der Waals surface area contributed by atoms with Gasteiger partial charge in [0.05, 0.1) is 11.9 Å². The molecule has 0 atom stereocenters. The van der Waals surface area contributed by atoms with Gasteiger partial charge < -0.3 is 9.32 Å². The van der Waals surface area contributed by atoms with Crippen LogP contribution in [0.1, 0.15) is 5.56 Å². The molecule has 0 saturated carbocycles. The van der Waals surface area contributed by atoms with Crippen LogP contribution < -0.4 is 5.36 Å². The van der Waals surface area contributed by atoms with E-state index < -0.39 is 0 Å². The van der Waals surface area contributed by atoms with Crippen LogP contribution in [0.25, 0.3) is 22.3 Å². The molecule has 0 unspecified atom stereocenters. The molecule has 0 amide bonds. The molecule has 1 heterocycles. The SMILES string of the molecule is Cc1ccc2oc(-c3ccccc3)c/c(=N\CCN(C)C)c2c1. The summed E-state index contributed by atoms with van der Waals surface area (Å²) in [6, 6.07) is 18.5. The van der Waals surface area contributed by atoms with Gasteiger partial charge in [0.1, 0.15) is 11.3 Å². The molecule has 2 aromatic carbocycles. The van der Waals surface area contributed by atoms with Crippen LogP contribution in [-0.4, -0.2) is 32.1 Å². The Morgan fingerprint density at radius 1 is 1.00 bits per heavy atom. The Balaban J connectivity index is 2.16. The van der Waals surface area contributed by atoms with Crippen molar-refractivity contribution in [3.63, 3.8) is 0 Å². The van der Waals surface area contributed by atoms with Crippen LogP contribution >= 0.6 is 0 Å². The van der Waals surface area contributed by atoms with Gasteiger partial charge in [-0.15, -0.1) is 0 Å². The predicted molar refractivity (Wildman–Crippen MR) is 95.4 cm³/mol. The first-order chi connectivity index (χ1) is 11.1. The molecule has 3 nitrogen and oxygen atoms in total. The zero-order valence-corrected chi connectivity index (χ0v) is 13.9. The number of benzene rings is 2. The fraction of sp³-hybridized carbons (Fsp3) is 0.250. The molecule has 118 valence electrons. The Labute approximate surface area is 136 Å². The number of hydrogen-bond acceptors (Lipinski definition) is 3. The molecule has 23 heavy (non-hydrogen) atoms. The van der Waals surface area contributed by atoms with Crippen molar-refractivity contribution in [3.8, 4) is 11.3 Å². The number of nitrogens with zero attached hydrogens (tertiary/aromatic N) is 2. The molecule has 0 bridgehead atoms. The number of aryl methyl sites for hydroxylation is 1. The molecule has 3 rings (SSSR count). The number of hydrogen-bond donors (Lipinski definition) is 0. The minimum absolute atomic E-state index is 0.772. The van der Waals surface area contributed by atoms with Gasteiger partial charge in [-0.25, -0.2) is 0 Å². The summed E-state index contributed by atoms with van der Waals surface area (Å²) in [6.07, 6.45) is 0.